The first kappa shape index (κ1) is 125. The highest BCUT2D eigenvalue weighted by Crippen LogP contribution is 2.26. The summed E-state index contributed by atoms with van der Waals surface area (Å²) in [7, 11) is 0. The molecule has 1 aromatic rings. The second-order valence-electron chi connectivity index (χ2n) is 27.3. The van der Waals surface area contributed by atoms with Crippen molar-refractivity contribution in [3.8, 4) is 0 Å². The molecule has 1 aliphatic carbocycles. The van der Waals surface area contributed by atoms with E-state index in [1.807, 2.05) is 0 Å². The van der Waals surface area contributed by atoms with E-state index in [1.165, 1.54) is 83.1 Å². The number of thioether (sulfide) groups is 6. The third-order valence-corrected chi connectivity index (χ3v) is 18.9. The molecule has 130 heavy (non-hydrogen) atoms. The van der Waals surface area contributed by atoms with Gasteiger partial charge in [0.05, 0.1) is 22.8 Å². The fourth-order valence-corrected chi connectivity index (χ4v) is 12.5. The van der Waals surface area contributed by atoms with Gasteiger partial charge >= 0.3 is 103 Å². The summed E-state index contributed by atoms with van der Waals surface area (Å²) in [5, 5.41) is 61.5. The van der Waals surface area contributed by atoms with Gasteiger partial charge in [-0.3, -0.25) is 52.7 Å². The van der Waals surface area contributed by atoms with Crippen LogP contribution in [0.3, 0.4) is 0 Å². The van der Waals surface area contributed by atoms with E-state index in [0.717, 1.165) is 39.0 Å². The van der Waals surface area contributed by atoms with Gasteiger partial charge in [-0.2, -0.15) is 0 Å². The number of rotatable bonds is 40. The highest BCUT2D eigenvalue weighted by Gasteiger charge is 2.32. The molecule has 12 atom stereocenters. The van der Waals surface area contributed by atoms with Crippen LogP contribution in [0.25, 0.3) is 0 Å². The number of benzene rings is 1. The summed E-state index contributed by atoms with van der Waals surface area (Å²) in [6.45, 7) is 26.3. The number of carbonyl (C=O) groups is 24. The standard InChI is InChI=1S/C15H23NO7S.C15H17NO7S.C13H21NO7S.C12H19NO7S.C11H17NO7S.C10H15NO7S/c2*1-9(17)16-12(13(18)19)8-24-15(21)23-10(2)22-14(20)11-6-4-3-5-7-11;1-7(15)14-9(10(16)17)6-22-12(19)21-8(2)20-11(18)13(3,4)5;1-6(2)11(17)19-8(4)20-12(18)21-5-9(10(15)16)13-7(3)14;1-4-9(14)18-7(3)19-11(17)20-5-8(10(15)16)12-6(2)13;1-5(12)11-8(9(14)15)4-19-10(16)18-7(3)17-6(2)13/h10-12H,3-8H2,1-2H3,(H,16,17)(H,18,19);3-7,10,12H,8H2,1-2H3,(H,16,17)(H,18,19);8-9H,6H2,1-5H3,(H,14,15)(H,16,17);6,8-9H,5H2,1-4H3,(H,13,14)(H,15,16);7-8H,4-5H2,1-3H3,(H,12,13)(H,15,16);7-8H,4H2,1-3H3,(H,11,12)(H,14,15)/t2*10-,12-;2*8-,9-;2*7-,8-/m000000/s1. The zero-order valence-electron chi connectivity index (χ0n) is 74.3. The molecule has 54 heteroatoms. The second-order valence-corrected chi connectivity index (χ2v) is 33.0. The number of carbonyl (C=O) groups excluding carboxylic acids is 18. The van der Waals surface area contributed by atoms with E-state index in [0.29, 0.717) is 76.1 Å². The molecule has 48 nitrogen and oxygen atoms in total. The second kappa shape index (κ2) is 68.7. The molecule has 0 unspecified atom stereocenters. The van der Waals surface area contributed by atoms with E-state index in [2.05, 4.69) is 41.4 Å². The molecule has 0 heterocycles. The van der Waals surface area contributed by atoms with Gasteiger partial charge < -0.3 is 119 Å². The number of hydrogen-bond acceptors (Lipinski definition) is 42. The summed E-state index contributed by atoms with van der Waals surface area (Å²) in [5.74, 6) is -15.5. The van der Waals surface area contributed by atoms with Crippen LogP contribution in [-0.4, -0.2) is 278 Å². The van der Waals surface area contributed by atoms with Crippen LogP contribution in [0.5, 0.6) is 0 Å². The van der Waals surface area contributed by atoms with Crippen LogP contribution in [0.4, 0.5) is 28.8 Å². The molecule has 734 valence electrons. The minimum atomic E-state index is -1.27. The lowest BCUT2D eigenvalue weighted by Crippen LogP contribution is -2.41. The molecule has 6 amide bonds. The Kier molecular flexibility index (Phi) is 66.0. The monoisotopic (exact) mass is 1970 g/mol. The van der Waals surface area contributed by atoms with E-state index in [1.54, 1.807) is 71.9 Å². The van der Waals surface area contributed by atoms with Gasteiger partial charge in [0.1, 0.15) is 36.3 Å². The molecule has 1 fully saturated rings. The van der Waals surface area contributed by atoms with Gasteiger partial charge in [0, 0.05) is 131 Å². The minimum absolute atomic E-state index is 0.149. The molecule has 0 radical (unpaired) electrons. The highest BCUT2D eigenvalue weighted by atomic mass is 32.2. The third kappa shape index (κ3) is 68.7. The number of carboxylic acid groups (broad SMARTS) is 6. The average molecular weight is 1970 g/mol. The third-order valence-electron chi connectivity index (χ3n) is 13.9. The number of hydrogen-bond donors (Lipinski definition) is 12. The van der Waals surface area contributed by atoms with Crippen LogP contribution >= 0.6 is 70.6 Å². The molecule has 0 aliphatic heterocycles. The van der Waals surface area contributed by atoms with Crippen molar-refractivity contribution in [3.05, 3.63) is 35.9 Å². The van der Waals surface area contributed by atoms with E-state index in [-0.39, 0.29) is 58.7 Å². The Labute approximate surface area is 771 Å². The van der Waals surface area contributed by atoms with Crippen LogP contribution in [-0.2, 0) is 138 Å². The Balaban J connectivity index is -0.000000734. The lowest BCUT2D eigenvalue weighted by Gasteiger charge is -2.22. The van der Waals surface area contributed by atoms with Crippen molar-refractivity contribution in [2.75, 3.05) is 34.5 Å². The zero-order chi connectivity index (χ0) is 101. The van der Waals surface area contributed by atoms with Crippen molar-refractivity contribution >= 4 is 209 Å². The first-order chi connectivity index (χ1) is 60.1. The van der Waals surface area contributed by atoms with Crippen LogP contribution in [0.1, 0.15) is 180 Å². The molecule has 1 aromatic carbocycles. The fourth-order valence-electron chi connectivity index (χ4n) is 8.11. The summed E-state index contributed by atoms with van der Waals surface area (Å²) in [5.41, 5.74) is -0.419. The highest BCUT2D eigenvalue weighted by molar-refractivity contribution is 8.14. The van der Waals surface area contributed by atoms with Gasteiger partial charge in [0.2, 0.25) is 73.2 Å². The summed E-state index contributed by atoms with van der Waals surface area (Å²) in [4.78, 5) is 267. The summed E-state index contributed by atoms with van der Waals surface area (Å²) < 4.78 is 57.8. The minimum Gasteiger partial charge on any atom is -0.480 e. The first-order valence-electron chi connectivity index (χ1n) is 38.4. The van der Waals surface area contributed by atoms with Gasteiger partial charge in [-0.25, -0.2) is 62.3 Å². The molecular formula is C76H112N6O42S6. The molecule has 1 aliphatic rings. The molecule has 1 saturated carbocycles. The fraction of sp³-hybridized carbons (Fsp3) is 0.605. The summed E-state index contributed by atoms with van der Waals surface area (Å²) in [6.07, 6.45) is -1.62. The molecule has 0 bridgehead atoms. The lowest BCUT2D eigenvalue weighted by atomic mass is 9.89. The smallest absolute Gasteiger partial charge is 0.370 e. The number of ether oxygens (including phenoxy) is 12. The van der Waals surface area contributed by atoms with Crippen molar-refractivity contribution in [1.82, 2.24) is 31.9 Å². The summed E-state index contributed by atoms with van der Waals surface area (Å²) >= 11 is 3.43. The normalized spacial score (nSPS) is 13.9. The van der Waals surface area contributed by atoms with Crippen molar-refractivity contribution in [2.45, 2.75) is 244 Å². The number of esters is 6. The number of nitrogens with one attached hydrogen (secondary N) is 6. The van der Waals surface area contributed by atoms with Crippen molar-refractivity contribution in [2.24, 2.45) is 17.3 Å². The molecular weight excluding hydrogens is 1860 g/mol. The number of aliphatic carboxylic acids is 6. The largest absolute Gasteiger partial charge is 0.480 e. The van der Waals surface area contributed by atoms with E-state index < -0.39 is 212 Å². The molecule has 12 N–H and O–H groups in total. The SMILES string of the molecule is CC(=O)N[C@@H](CSC(=O)O[C@@H](C)OC(=O)C(C)(C)C)C(=O)O.CC(=O)N[C@@H](CSC(=O)O[C@@H](C)OC(=O)C(C)C)C(=O)O.CC(=O)N[C@@H](CSC(=O)O[C@@H](C)OC(=O)C1CCCCC1)C(=O)O.CC(=O)N[C@@H](CSC(=O)O[C@@H](C)OC(=O)c1ccccc1)C(=O)O.CC(=O)N[C@@H](CSC(=O)O[C@@H](C)OC(C)=O)C(=O)O.CCC(=O)O[C@H](C)OC(=O)SC[C@H](NC(C)=O)C(=O)O. The number of carboxylic acids is 6. The van der Waals surface area contributed by atoms with Crippen molar-refractivity contribution in [1.29, 1.82) is 0 Å². The Morgan fingerprint density at radius 1 is 0.338 bits per heavy atom. The van der Waals surface area contributed by atoms with Crippen LogP contribution < -0.4 is 31.9 Å². The quantitative estimate of drug-likeness (QED) is 0.0178. The van der Waals surface area contributed by atoms with Gasteiger partial charge in [-0.15, -0.1) is 0 Å². The van der Waals surface area contributed by atoms with Gasteiger partial charge in [-0.05, 0) is 116 Å². The number of amides is 6. The van der Waals surface area contributed by atoms with Gasteiger partial charge in [-0.1, -0.05) is 58.2 Å². The van der Waals surface area contributed by atoms with Crippen molar-refractivity contribution in [3.63, 3.8) is 0 Å². The summed E-state index contributed by atoms with van der Waals surface area (Å²) in [6, 6.07) is 0.961. The van der Waals surface area contributed by atoms with Crippen molar-refractivity contribution < 1.29 is 203 Å². The Morgan fingerprint density at radius 3 is 0.823 bits per heavy atom. The Morgan fingerprint density at radius 2 is 0.585 bits per heavy atom. The topological polar surface area (TPSA) is 714 Å². The maximum atomic E-state index is 11.9. The maximum absolute atomic E-state index is 11.9. The molecule has 0 saturated heterocycles. The Bertz CT molecular complexity index is 3960. The first-order valence-corrected chi connectivity index (χ1v) is 44.3. The lowest BCUT2D eigenvalue weighted by molar-refractivity contribution is -0.173. The predicted molar refractivity (Wildman–Crippen MR) is 461 cm³/mol. The van der Waals surface area contributed by atoms with E-state index >= 15 is 0 Å². The van der Waals surface area contributed by atoms with Gasteiger partial charge in [0.25, 0.3) is 0 Å². The van der Waals surface area contributed by atoms with Crippen LogP contribution in [0.15, 0.2) is 30.3 Å². The maximum Gasteiger partial charge on any atom is 0.370 e. The average Bonchev–Trinajstić information content (AvgIpc) is 0.868. The van der Waals surface area contributed by atoms with Gasteiger partial charge in [0.15, 0.2) is 0 Å². The predicted octanol–water partition coefficient (Wildman–Crippen LogP) is 7.03. The molecule has 0 aromatic heterocycles. The molecule has 0 spiro atoms. The Hall–Kier alpha value is -11.4. The zero-order valence-corrected chi connectivity index (χ0v) is 79.2. The van der Waals surface area contributed by atoms with Crippen LogP contribution in [0.2, 0.25) is 0 Å². The van der Waals surface area contributed by atoms with Crippen LogP contribution in [0, 0.1) is 17.3 Å². The van der Waals surface area contributed by atoms with E-state index in [4.69, 9.17) is 78.0 Å². The molecule has 2 rings (SSSR count). The van der Waals surface area contributed by atoms with E-state index in [9.17, 15) is 115 Å².